The van der Waals surface area contributed by atoms with E-state index in [4.69, 9.17) is 0 Å². The second kappa shape index (κ2) is 5.56. The number of nitrogens with one attached hydrogen (secondary N) is 1. The van der Waals surface area contributed by atoms with E-state index in [1.807, 2.05) is 6.92 Å². The summed E-state index contributed by atoms with van der Waals surface area (Å²) in [5.74, 6) is 0. The van der Waals surface area contributed by atoms with Gasteiger partial charge in [0.25, 0.3) is 10.0 Å². The normalized spacial score (nSPS) is 11.3. The van der Waals surface area contributed by atoms with Crippen LogP contribution in [0.5, 0.6) is 0 Å². The Morgan fingerprint density at radius 3 is 2.37 bits per heavy atom. The quantitative estimate of drug-likeness (QED) is 0.819. The van der Waals surface area contributed by atoms with E-state index < -0.39 is 10.0 Å². The summed E-state index contributed by atoms with van der Waals surface area (Å²) in [6.45, 7) is 1.91. The highest BCUT2D eigenvalue weighted by molar-refractivity contribution is 9.10. The number of anilines is 1. The Morgan fingerprint density at radius 2 is 1.74 bits per heavy atom. The highest BCUT2D eigenvalue weighted by Gasteiger charge is 2.15. The van der Waals surface area contributed by atoms with E-state index in [-0.39, 0.29) is 4.90 Å². The average molecular weight is 358 g/mol. The summed E-state index contributed by atoms with van der Waals surface area (Å²) >= 11 is 7.59. The van der Waals surface area contributed by atoms with Gasteiger partial charge in [-0.1, -0.05) is 23.8 Å². The Morgan fingerprint density at radius 1 is 1.11 bits per heavy atom. The van der Waals surface area contributed by atoms with Crippen molar-refractivity contribution in [3.8, 4) is 0 Å². The highest BCUT2D eigenvalue weighted by Crippen LogP contribution is 2.29. The predicted octanol–water partition coefficient (Wildman–Crippen LogP) is 3.85. The first-order valence-electron chi connectivity index (χ1n) is 5.47. The first kappa shape index (κ1) is 14.4. The molecule has 2 rings (SSSR count). The first-order valence-corrected chi connectivity index (χ1v) is 8.19. The number of aryl methyl sites for hydroxylation is 1. The van der Waals surface area contributed by atoms with Gasteiger partial charge < -0.3 is 0 Å². The third-order valence-corrected chi connectivity index (χ3v) is 5.39. The number of rotatable bonds is 3. The molecule has 19 heavy (non-hydrogen) atoms. The molecule has 6 heteroatoms. The average Bonchev–Trinajstić information content (AvgIpc) is 2.35. The van der Waals surface area contributed by atoms with Crippen LogP contribution < -0.4 is 4.72 Å². The number of halogens is 1. The van der Waals surface area contributed by atoms with Gasteiger partial charge in [0.15, 0.2) is 0 Å². The summed E-state index contributed by atoms with van der Waals surface area (Å²) in [6.07, 6.45) is 0. The van der Waals surface area contributed by atoms with Crippen LogP contribution in [0.2, 0.25) is 0 Å². The van der Waals surface area contributed by atoms with Crippen LogP contribution in [-0.2, 0) is 10.0 Å². The molecule has 0 heterocycles. The van der Waals surface area contributed by atoms with Crippen molar-refractivity contribution in [3.63, 3.8) is 0 Å². The van der Waals surface area contributed by atoms with Crippen LogP contribution in [0.15, 0.2) is 56.7 Å². The van der Waals surface area contributed by atoms with Crippen LogP contribution in [0.25, 0.3) is 0 Å². The van der Waals surface area contributed by atoms with Crippen LogP contribution in [-0.4, -0.2) is 8.42 Å². The molecule has 0 unspecified atom stereocenters. The van der Waals surface area contributed by atoms with E-state index in [1.165, 1.54) is 0 Å². The number of benzene rings is 2. The zero-order valence-electron chi connectivity index (χ0n) is 10.1. The predicted molar refractivity (Wildman–Crippen MR) is 83.4 cm³/mol. The molecule has 0 amide bonds. The van der Waals surface area contributed by atoms with Gasteiger partial charge in [-0.15, -0.1) is 12.6 Å². The Balaban J connectivity index is 2.36. The van der Waals surface area contributed by atoms with Gasteiger partial charge in [0.05, 0.1) is 10.6 Å². The third-order valence-electron chi connectivity index (χ3n) is 2.56. The zero-order valence-corrected chi connectivity index (χ0v) is 13.4. The van der Waals surface area contributed by atoms with Crippen molar-refractivity contribution in [2.75, 3.05) is 4.72 Å². The van der Waals surface area contributed by atoms with Gasteiger partial charge >= 0.3 is 0 Å². The number of thiol groups is 1. The molecule has 0 saturated heterocycles. The monoisotopic (exact) mass is 357 g/mol. The lowest BCUT2D eigenvalue weighted by atomic mass is 10.2. The fraction of sp³-hybridized carbons (Fsp3) is 0.0769. The minimum atomic E-state index is -3.59. The fourth-order valence-electron chi connectivity index (χ4n) is 1.52. The lowest BCUT2D eigenvalue weighted by Crippen LogP contribution is -2.13. The lowest BCUT2D eigenvalue weighted by molar-refractivity contribution is 0.601. The maximum atomic E-state index is 12.2. The van der Waals surface area contributed by atoms with E-state index in [2.05, 4.69) is 33.3 Å². The largest absolute Gasteiger partial charge is 0.278 e. The SMILES string of the molecule is Cc1ccc(S(=O)(=O)Nc2cccc(Br)c2S)cc1. The van der Waals surface area contributed by atoms with Gasteiger partial charge in [-0.25, -0.2) is 8.42 Å². The van der Waals surface area contributed by atoms with Crippen LogP contribution in [0.3, 0.4) is 0 Å². The minimum Gasteiger partial charge on any atom is -0.278 e. The van der Waals surface area contributed by atoms with Crippen LogP contribution >= 0.6 is 28.6 Å². The van der Waals surface area contributed by atoms with Crippen molar-refractivity contribution >= 4 is 44.3 Å². The molecular weight excluding hydrogens is 346 g/mol. The molecule has 0 bridgehead atoms. The number of hydrogen-bond donors (Lipinski definition) is 2. The smallest absolute Gasteiger partial charge is 0.261 e. The molecule has 0 atom stereocenters. The molecule has 0 aliphatic rings. The van der Waals surface area contributed by atoms with Crippen molar-refractivity contribution in [2.24, 2.45) is 0 Å². The molecule has 0 aliphatic carbocycles. The number of sulfonamides is 1. The molecule has 0 spiro atoms. The van der Waals surface area contributed by atoms with Gasteiger partial charge in [-0.05, 0) is 47.1 Å². The van der Waals surface area contributed by atoms with E-state index in [0.717, 1.165) is 10.0 Å². The highest BCUT2D eigenvalue weighted by atomic mass is 79.9. The molecule has 0 saturated carbocycles. The topological polar surface area (TPSA) is 46.2 Å². The van der Waals surface area contributed by atoms with E-state index in [0.29, 0.717) is 10.6 Å². The van der Waals surface area contributed by atoms with Gasteiger partial charge in [0.2, 0.25) is 0 Å². The second-order valence-corrected chi connectivity index (χ2v) is 7.04. The number of hydrogen-bond acceptors (Lipinski definition) is 3. The Kier molecular flexibility index (Phi) is 4.23. The summed E-state index contributed by atoms with van der Waals surface area (Å²) in [6, 6.07) is 11.9. The molecular formula is C13H12BrNO2S2. The maximum absolute atomic E-state index is 12.2. The molecule has 0 aliphatic heterocycles. The van der Waals surface area contributed by atoms with Crippen LogP contribution in [0, 0.1) is 6.92 Å². The van der Waals surface area contributed by atoms with E-state index in [1.54, 1.807) is 42.5 Å². The summed E-state index contributed by atoms with van der Waals surface area (Å²) in [4.78, 5) is 0.781. The van der Waals surface area contributed by atoms with Crippen molar-refractivity contribution in [3.05, 3.63) is 52.5 Å². The molecule has 0 radical (unpaired) electrons. The lowest BCUT2D eigenvalue weighted by Gasteiger charge is -2.11. The molecule has 3 nitrogen and oxygen atoms in total. The third kappa shape index (κ3) is 3.32. The summed E-state index contributed by atoms with van der Waals surface area (Å²) < 4.78 is 27.7. The molecule has 100 valence electrons. The summed E-state index contributed by atoms with van der Waals surface area (Å²) in [5.41, 5.74) is 1.45. The van der Waals surface area contributed by atoms with E-state index >= 15 is 0 Å². The molecule has 2 aromatic rings. The van der Waals surface area contributed by atoms with Crippen molar-refractivity contribution < 1.29 is 8.42 Å². The van der Waals surface area contributed by atoms with Crippen molar-refractivity contribution in [2.45, 2.75) is 16.7 Å². The Bertz CT molecular complexity index is 697. The zero-order chi connectivity index (χ0) is 14.0. The van der Waals surface area contributed by atoms with E-state index in [9.17, 15) is 8.42 Å². The van der Waals surface area contributed by atoms with Gasteiger partial charge in [-0.3, -0.25) is 4.72 Å². The molecule has 0 fully saturated rings. The van der Waals surface area contributed by atoms with Gasteiger partial charge in [0.1, 0.15) is 0 Å². The van der Waals surface area contributed by atoms with Gasteiger partial charge in [-0.2, -0.15) is 0 Å². The van der Waals surface area contributed by atoms with Gasteiger partial charge in [0, 0.05) is 9.37 Å². The van der Waals surface area contributed by atoms with Crippen LogP contribution in [0.1, 0.15) is 5.56 Å². The van der Waals surface area contributed by atoms with Crippen molar-refractivity contribution in [1.29, 1.82) is 0 Å². The minimum absolute atomic E-state index is 0.228. The standard InChI is InChI=1S/C13H12BrNO2S2/c1-9-5-7-10(8-6-9)19(16,17)15-12-4-2-3-11(14)13(12)18/h2-8,15,18H,1H3. The summed E-state index contributed by atoms with van der Waals surface area (Å²) in [7, 11) is -3.59. The van der Waals surface area contributed by atoms with Crippen molar-refractivity contribution in [1.82, 2.24) is 0 Å². The fourth-order valence-corrected chi connectivity index (χ4v) is 3.24. The Labute approximate surface area is 126 Å². The molecule has 1 N–H and O–H groups in total. The first-order chi connectivity index (χ1) is 8.90. The van der Waals surface area contributed by atoms with Crippen LogP contribution in [0.4, 0.5) is 5.69 Å². The second-order valence-electron chi connectivity index (χ2n) is 4.05. The molecule has 0 aromatic heterocycles. The maximum Gasteiger partial charge on any atom is 0.261 e. The molecule has 2 aromatic carbocycles. The summed E-state index contributed by atoms with van der Waals surface area (Å²) in [5, 5.41) is 0. The Hall–Kier alpha value is -0.980.